The van der Waals surface area contributed by atoms with Crippen LogP contribution in [0.25, 0.3) is 0 Å². The maximum atomic E-state index is 9.52. The molecular weight excluding hydrogens is 266 g/mol. The topological polar surface area (TPSA) is 62.5 Å². The lowest BCUT2D eigenvalue weighted by molar-refractivity contribution is 0.196. The molecule has 0 bridgehead atoms. The summed E-state index contributed by atoms with van der Waals surface area (Å²) < 4.78 is 11.1. The molecule has 0 aromatic heterocycles. The van der Waals surface area contributed by atoms with E-state index in [1.807, 2.05) is 24.3 Å². The van der Waals surface area contributed by atoms with E-state index in [0.29, 0.717) is 30.3 Å². The van der Waals surface area contributed by atoms with E-state index in [0.717, 1.165) is 5.56 Å². The Balaban J connectivity index is 1.85. The Morgan fingerprint density at radius 1 is 1.10 bits per heavy atom. The van der Waals surface area contributed by atoms with Gasteiger partial charge in [0.1, 0.15) is 30.8 Å². The molecule has 4 nitrogen and oxygen atoms in total. The summed E-state index contributed by atoms with van der Waals surface area (Å²) in [6.07, 6.45) is -0.521. The fourth-order valence-electron chi connectivity index (χ4n) is 1.86. The molecule has 0 spiro atoms. The van der Waals surface area contributed by atoms with E-state index >= 15 is 0 Å². The van der Waals surface area contributed by atoms with Gasteiger partial charge in [-0.3, -0.25) is 0 Å². The van der Waals surface area contributed by atoms with Crippen molar-refractivity contribution in [3.63, 3.8) is 0 Å². The molecule has 0 aliphatic heterocycles. The maximum absolute atomic E-state index is 9.52. The summed E-state index contributed by atoms with van der Waals surface area (Å²) in [6, 6.07) is 16.5. The van der Waals surface area contributed by atoms with Gasteiger partial charge in [-0.2, -0.15) is 5.26 Å². The minimum atomic E-state index is -0.521. The number of nitrogens with zero attached hydrogens (tertiary/aromatic N) is 1. The van der Waals surface area contributed by atoms with Crippen molar-refractivity contribution in [2.75, 3.05) is 13.2 Å². The van der Waals surface area contributed by atoms with Crippen molar-refractivity contribution in [1.29, 1.82) is 5.26 Å². The Hall–Kier alpha value is -2.51. The molecule has 4 heteroatoms. The molecule has 1 N–H and O–H groups in total. The number of aliphatic hydroxyl groups is 1. The fraction of sp³-hybridized carbons (Fsp3) is 0.235. The highest BCUT2D eigenvalue weighted by atomic mass is 16.5. The average molecular weight is 283 g/mol. The van der Waals surface area contributed by atoms with Gasteiger partial charge in [-0.05, 0) is 36.8 Å². The Bertz CT molecular complexity index is 632. The van der Waals surface area contributed by atoms with Gasteiger partial charge < -0.3 is 14.6 Å². The first-order valence-electron chi connectivity index (χ1n) is 6.73. The van der Waals surface area contributed by atoms with Crippen LogP contribution in [0.3, 0.4) is 0 Å². The van der Waals surface area contributed by atoms with Crippen LogP contribution in [0.15, 0.2) is 48.5 Å². The van der Waals surface area contributed by atoms with Crippen LogP contribution in [-0.4, -0.2) is 18.3 Å². The normalized spacial score (nSPS) is 11.5. The van der Waals surface area contributed by atoms with Gasteiger partial charge >= 0.3 is 0 Å². The van der Waals surface area contributed by atoms with E-state index in [2.05, 4.69) is 6.07 Å². The molecule has 0 amide bonds. The summed E-state index contributed by atoms with van der Waals surface area (Å²) in [5.74, 6) is 1.24. The number of hydrogen-bond acceptors (Lipinski definition) is 4. The van der Waals surface area contributed by atoms with Crippen molar-refractivity contribution in [3.05, 3.63) is 59.7 Å². The Kier molecular flexibility index (Phi) is 5.19. The van der Waals surface area contributed by atoms with Crippen molar-refractivity contribution in [2.24, 2.45) is 0 Å². The predicted molar refractivity (Wildman–Crippen MR) is 79.2 cm³/mol. The van der Waals surface area contributed by atoms with Gasteiger partial charge in [-0.15, -0.1) is 0 Å². The van der Waals surface area contributed by atoms with Gasteiger partial charge in [-0.25, -0.2) is 0 Å². The molecule has 0 saturated carbocycles. The van der Waals surface area contributed by atoms with Crippen molar-refractivity contribution < 1.29 is 14.6 Å². The number of aliphatic hydroxyl groups excluding tert-OH is 1. The van der Waals surface area contributed by atoms with Crippen LogP contribution in [0.5, 0.6) is 11.5 Å². The van der Waals surface area contributed by atoms with Gasteiger partial charge in [0.2, 0.25) is 0 Å². The monoisotopic (exact) mass is 283 g/mol. The molecule has 2 aromatic rings. The van der Waals surface area contributed by atoms with E-state index in [1.165, 1.54) is 0 Å². The molecule has 2 rings (SSSR count). The highest BCUT2D eigenvalue weighted by Gasteiger charge is 2.03. The second kappa shape index (κ2) is 7.32. The highest BCUT2D eigenvalue weighted by molar-refractivity contribution is 5.42. The zero-order chi connectivity index (χ0) is 15.1. The summed E-state index contributed by atoms with van der Waals surface area (Å²) in [5, 5.41) is 18.5. The number of rotatable bonds is 6. The van der Waals surface area contributed by atoms with Gasteiger partial charge in [0.05, 0.1) is 11.7 Å². The molecule has 1 atom stereocenters. The number of ether oxygens (including phenoxy) is 2. The van der Waals surface area contributed by atoms with Crippen LogP contribution in [0.2, 0.25) is 0 Å². The minimum absolute atomic E-state index is 0.345. The van der Waals surface area contributed by atoms with Crippen molar-refractivity contribution in [1.82, 2.24) is 0 Å². The number of benzene rings is 2. The lowest BCUT2D eigenvalue weighted by Gasteiger charge is -2.11. The molecule has 21 heavy (non-hydrogen) atoms. The summed E-state index contributed by atoms with van der Waals surface area (Å²) >= 11 is 0. The molecule has 0 saturated heterocycles. The van der Waals surface area contributed by atoms with E-state index in [4.69, 9.17) is 14.7 Å². The predicted octanol–water partition coefficient (Wildman–Crippen LogP) is 3.07. The third kappa shape index (κ3) is 4.23. The first kappa shape index (κ1) is 14.9. The molecule has 0 heterocycles. The fourth-order valence-corrected chi connectivity index (χ4v) is 1.86. The molecule has 0 aliphatic rings. The Labute approximate surface area is 124 Å². The smallest absolute Gasteiger partial charge is 0.137 e. The van der Waals surface area contributed by atoms with Crippen molar-refractivity contribution >= 4 is 0 Å². The minimum Gasteiger partial charge on any atom is -0.490 e. The zero-order valence-electron chi connectivity index (χ0n) is 11.8. The third-order valence-corrected chi connectivity index (χ3v) is 2.96. The Morgan fingerprint density at radius 3 is 2.62 bits per heavy atom. The third-order valence-electron chi connectivity index (χ3n) is 2.96. The molecule has 2 aromatic carbocycles. The molecule has 0 unspecified atom stereocenters. The Morgan fingerprint density at radius 2 is 1.86 bits per heavy atom. The van der Waals surface area contributed by atoms with E-state index in [9.17, 15) is 5.11 Å². The van der Waals surface area contributed by atoms with Crippen LogP contribution in [0.4, 0.5) is 0 Å². The van der Waals surface area contributed by atoms with Crippen LogP contribution >= 0.6 is 0 Å². The number of nitriles is 1. The summed E-state index contributed by atoms with van der Waals surface area (Å²) in [5.41, 5.74) is 1.32. The van der Waals surface area contributed by atoms with Gasteiger partial charge in [0.25, 0.3) is 0 Å². The maximum Gasteiger partial charge on any atom is 0.137 e. The largest absolute Gasteiger partial charge is 0.490 e. The summed E-state index contributed by atoms with van der Waals surface area (Å²) in [4.78, 5) is 0. The van der Waals surface area contributed by atoms with Crippen molar-refractivity contribution in [2.45, 2.75) is 13.0 Å². The standard InChI is InChI=1S/C17H17NO3/c1-13(19)14-6-4-7-16(11-14)20-9-10-21-17-8-3-2-5-15(17)12-18/h2-8,11,13,19H,9-10H2,1H3/t13-/m0/s1. The molecule has 0 aliphatic carbocycles. The molecular formula is C17H17NO3. The summed E-state index contributed by atoms with van der Waals surface area (Å²) in [6.45, 7) is 2.42. The second-order valence-corrected chi connectivity index (χ2v) is 4.55. The van der Waals surface area contributed by atoms with Crippen LogP contribution < -0.4 is 9.47 Å². The van der Waals surface area contributed by atoms with Gasteiger partial charge in [0, 0.05) is 0 Å². The van der Waals surface area contributed by atoms with Crippen molar-refractivity contribution in [3.8, 4) is 17.6 Å². The zero-order valence-corrected chi connectivity index (χ0v) is 11.8. The number of para-hydroxylation sites is 1. The van der Waals surface area contributed by atoms with Gasteiger partial charge in [0.15, 0.2) is 0 Å². The quantitative estimate of drug-likeness (QED) is 0.828. The number of hydrogen-bond donors (Lipinski definition) is 1. The first-order chi connectivity index (χ1) is 10.2. The second-order valence-electron chi connectivity index (χ2n) is 4.55. The van der Waals surface area contributed by atoms with Crippen LogP contribution in [0.1, 0.15) is 24.2 Å². The lowest BCUT2D eigenvalue weighted by Crippen LogP contribution is -2.09. The SMILES string of the molecule is C[C@H](O)c1cccc(OCCOc2ccccc2C#N)c1. The first-order valence-corrected chi connectivity index (χ1v) is 6.73. The average Bonchev–Trinajstić information content (AvgIpc) is 2.52. The molecule has 0 radical (unpaired) electrons. The van der Waals surface area contributed by atoms with Crippen LogP contribution in [-0.2, 0) is 0 Å². The highest BCUT2D eigenvalue weighted by Crippen LogP contribution is 2.19. The lowest BCUT2D eigenvalue weighted by atomic mass is 10.1. The molecule has 108 valence electrons. The van der Waals surface area contributed by atoms with E-state index in [1.54, 1.807) is 31.2 Å². The van der Waals surface area contributed by atoms with Gasteiger partial charge in [-0.1, -0.05) is 24.3 Å². The molecule has 0 fully saturated rings. The summed E-state index contributed by atoms with van der Waals surface area (Å²) in [7, 11) is 0. The van der Waals surface area contributed by atoms with E-state index < -0.39 is 6.10 Å². The van der Waals surface area contributed by atoms with Crippen LogP contribution in [0, 0.1) is 11.3 Å². The van der Waals surface area contributed by atoms with E-state index in [-0.39, 0.29) is 0 Å².